The third-order valence-corrected chi connectivity index (χ3v) is 1.91. The van der Waals surface area contributed by atoms with Crippen LogP contribution in [0.3, 0.4) is 0 Å². The van der Waals surface area contributed by atoms with Gasteiger partial charge < -0.3 is 10.4 Å². The second kappa shape index (κ2) is 5.03. The predicted molar refractivity (Wildman–Crippen MR) is 51.1 cm³/mol. The van der Waals surface area contributed by atoms with Gasteiger partial charge in [-0.2, -0.15) is 13.2 Å². The molecule has 1 aromatic rings. The van der Waals surface area contributed by atoms with Gasteiger partial charge in [0.1, 0.15) is 17.1 Å². The molecule has 0 aromatic heterocycles. The topological polar surface area (TPSA) is 49.3 Å². The monoisotopic (exact) mass is 251 g/mol. The zero-order chi connectivity index (χ0) is 13.1. The molecule has 0 saturated carbocycles. The summed E-state index contributed by atoms with van der Waals surface area (Å²) in [6, 6.07) is 3.18. The molecule has 0 atom stereocenters. The molecule has 0 fully saturated rings. The number of hydrogen-bond acceptors (Lipinski definition) is 2. The number of benzene rings is 1. The van der Waals surface area contributed by atoms with Crippen molar-refractivity contribution < 1.29 is 27.5 Å². The summed E-state index contributed by atoms with van der Waals surface area (Å²) >= 11 is 0. The van der Waals surface area contributed by atoms with E-state index < -0.39 is 42.2 Å². The molecule has 0 radical (unpaired) electrons. The van der Waals surface area contributed by atoms with E-state index in [0.29, 0.717) is 0 Å². The number of phenolic OH excluding ortho intramolecular Hbond substituents is 1. The molecule has 0 aliphatic carbocycles. The number of amides is 1. The summed E-state index contributed by atoms with van der Waals surface area (Å²) in [5.74, 6) is -2.69. The lowest BCUT2D eigenvalue weighted by atomic mass is 10.1. The minimum absolute atomic E-state index is 0.616. The lowest BCUT2D eigenvalue weighted by molar-refractivity contribution is -0.132. The Labute approximate surface area is 94.1 Å². The number of nitrogens with one attached hydrogen (secondary N) is 1. The van der Waals surface area contributed by atoms with Crippen LogP contribution in [0.25, 0.3) is 0 Å². The van der Waals surface area contributed by atoms with Crippen molar-refractivity contribution in [2.75, 3.05) is 6.54 Å². The summed E-state index contributed by atoms with van der Waals surface area (Å²) in [5.41, 5.74) is -0.658. The third-order valence-electron chi connectivity index (χ3n) is 1.91. The van der Waals surface area contributed by atoms with Gasteiger partial charge in [0.15, 0.2) is 0 Å². The number of phenols is 1. The second-order valence-electron chi connectivity index (χ2n) is 3.26. The molecule has 94 valence electrons. The summed E-state index contributed by atoms with van der Waals surface area (Å²) < 4.78 is 48.5. The van der Waals surface area contributed by atoms with Crippen LogP contribution in [0.2, 0.25) is 0 Å². The molecule has 1 aromatic carbocycles. The van der Waals surface area contributed by atoms with E-state index in [0.717, 1.165) is 12.1 Å². The molecule has 0 aliphatic heterocycles. The van der Waals surface area contributed by atoms with Crippen molar-refractivity contribution in [3.63, 3.8) is 0 Å². The van der Waals surface area contributed by atoms with E-state index in [2.05, 4.69) is 0 Å². The van der Waals surface area contributed by atoms with E-state index in [9.17, 15) is 27.5 Å². The Balaban J connectivity index is 2.65. The summed E-state index contributed by atoms with van der Waals surface area (Å²) in [6.45, 7) is -0.671. The van der Waals surface area contributed by atoms with Crippen LogP contribution in [0.15, 0.2) is 18.2 Å². The SMILES string of the molecule is O=C(NCCC(F)(F)F)c1c(O)cccc1F. The Morgan fingerprint density at radius 3 is 2.53 bits per heavy atom. The Hall–Kier alpha value is -1.79. The lowest BCUT2D eigenvalue weighted by Gasteiger charge is -2.09. The van der Waals surface area contributed by atoms with Crippen molar-refractivity contribution in [1.82, 2.24) is 5.32 Å². The number of carbonyl (C=O) groups excluding carboxylic acids is 1. The highest BCUT2D eigenvalue weighted by atomic mass is 19.4. The van der Waals surface area contributed by atoms with Gasteiger partial charge >= 0.3 is 6.18 Å². The maximum Gasteiger partial charge on any atom is 0.390 e. The summed E-state index contributed by atoms with van der Waals surface area (Å²) in [7, 11) is 0. The van der Waals surface area contributed by atoms with E-state index in [1.807, 2.05) is 5.32 Å². The molecular weight excluding hydrogens is 242 g/mol. The van der Waals surface area contributed by atoms with Gasteiger partial charge in [-0.1, -0.05) is 6.07 Å². The van der Waals surface area contributed by atoms with Gasteiger partial charge in [-0.3, -0.25) is 4.79 Å². The second-order valence-corrected chi connectivity index (χ2v) is 3.26. The first kappa shape index (κ1) is 13.3. The van der Waals surface area contributed by atoms with E-state index in [4.69, 9.17) is 0 Å². The molecule has 0 heterocycles. The molecular formula is C10H9F4NO2. The van der Waals surface area contributed by atoms with Crippen LogP contribution in [0.5, 0.6) is 5.75 Å². The quantitative estimate of drug-likeness (QED) is 0.809. The van der Waals surface area contributed by atoms with Gasteiger partial charge in [0, 0.05) is 6.54 Å². The zero-order valence-corrected chi connectivity index (χ0v) is 8.51. The number of rotatable bonds is 3. The van der Waals surface area contributed by atoms with Crippen molar-refractivity contribution in [3.05, 3.63) is 29.6 Å². The van der Waals surface area contributed by atoms with Crippen molar-refractivity contribution in [3.8, 4) is 5.75 Å². The standard InChI is InChI=1S/C10H9F4NO2/c11-6-2-1-3-7(16)8(6)9(17)15-5-4-10(12,13)14/h1-3,16H,4-5H2,(H,15,17). The van der Waals surface area contributed by atoms with Gasteiger partial charge in [0.25, 0.3) is 5.91 Å². The fourth-order valence-corrected chi connectivity index (χ4v) is 1.14. The van der Waals surface area contributed by atoms with Crippen molar-refractivity contribution in [2.45, 2.75) is 12.6 Å². The van der Waals surface area contributed by atoms with Gasteiger partial charge in [0.2, 0.25) is 0 Å². The van der Waals surface area contributed by atoms with Crippen LogP contribution >= 0.6 is 0 Å². The van der Waals surface area contributed by atoms with Crippen LogP contribution in [0, 0.1) is 5.82 Å². The number of carbonyl (C=O) groups is 1. The summed E-state index contributed by atoms with van der Waals surface area (Å²) in [5, 5.41) is 11.1. The van der Waals surface area contributed by atoms with E-state index >= 15 is 0 Å². The number of alkyl halides is 3. The molecule has 0 bridgehead atoms. The van der Waals surface area contributed by atoms with Crippen molar-refractivity contribution in [1.29, 1.82) is 0 Å². The molecule has 0 aliphatic rings. The highest BCUT2D eigenvalue weighted by molar-refractivity contribution is 5.97. The fourth-order valence-electron chi connectivity index (χ4n) is 1.14. The molecule has 0 unspecified atom stereocenters. The molecule has 7 heteroatoms. The normalized spacial score (nSPS) is 11.3. The Morgan fingerprint density at radius 2 is 2.00 bits per heavy atom. The number of aromatic hydroxyl groups is 1. The van der Waals surface area contributed by atoms with Crippen LogP contribution in [-0.4, -0.2) is 23.7 Å². The van der Waals surface area contributed by atoms with Gasteiger partial charge in [0.05, 0.1) is 6.42 Å². The van der Waals surface area contributed by atoms with E-state index in [1.165, 1.54) is 6.07 Å². The molecule has 0 spiro atoms. The van der Waals surface area contributed by atoms with Crippen LogP contribution in [-0.2, 0) is 0 Å². The number of hydrogen-bond donors (Lipinski definition) is 2. The molecule has 2 N–H and O–H groups in total. The average molecular weight is 251 g/mol. The first-order valence-corrected chi connectivity index (χ1v) is 4.63. The summed E-state index contributed by atoms with van der Waals surface area (Å²) in [4.78, 5) is 11.3. The van der Waals surface area contributed by atoms with Gasteiger partial charge in [-0.05, 0) is 12.1 Å². The van der Waals surface area contributed by atoms with E-state index in [-0.39, 0.29) is 0 Å². The fraction of sp³-hybridized carbons (Fsp3) is 0.300. The maximum absolute atomic E-state index is 13.1. The van der Waals surface area contributed by atoms with Crippen LogP contribution < -0.4 is 5.32 Å². The van der Waals surface area contributed by atoms with Gasteiger partial charge in [-0.25, -0.2) is 4.39 Å². The van der Waals surface area contributed by atoms with E-state index in [1.54, 1.807) is 0 Å². The largest absolute Gasteiger partial charge is 0.507 e. The van der Waals surface area contributed by atoms with Crippen molar-refractivity contribution in [2.24, 2.45) is 0 Å². The van der Waals surface area contributed by atoms with Gasteiger partial charge in [-0.15, -0.1) is 0 Å². The highest BCUT2D eigenvalue weighted by Gasteiger charge is 2.27. The Bertz CT molecular complexity index is 397. The minimum atomic E-state index is -4.40. The third kappa shape index (κ3) is 3.93. The number of halogens is 4. The maximum atomic E-state index is 13.1. The highest BCUT2D eigenvalue weighted by Crippen LogP contribution is 2.20. The predicted octanol–water partition coefficient (Wildman–Crippen LogP) is 2.21. The minimum Gasteiger partial charge on any atom is -0.507 e. The Morgan fingerprint density at radius 1 is 1.35 bits per heavy atom. The lowest BCUT2D eigenvalue weighted by Crippen LogP contribution is -2.28. The average Bonchev–Trinajstić information content (AvgIpc) is 2.15. The van der Waals surface area contributed by atoms with Crippen LogP contribution in [0.1, 0.15) is 16.8 Å². The molecule has 0 saturated heterocycles. The zero-order valence-electron chi connectivity index (χ0n) is 8.51. The van der Waals surface area contributed by atoms with Crippen molar-refractivity contribution >= 4 is 5.91 Å². The molecule has 1 rings (SSSR count). The molecule has 1 amide bonds. The Kier molecular flexibility index (Phi) is 3.93. The smallest absolute Gasteiger partial charge is 0.390 e. The van der Waals surface area contributed by atoms with Crippen LogP contribution in [0.4, 0.5) is 17.6 Å². The summed E-state index contributed by atoms with van der Waals surface area (Å²) in [6.07, 6.45) is -5.61. The molecule has 17 heavy (non-hydrogen) atoms. The first-order chi connectivity index (χ1) is 7.81. The first-order valence-electron chi connectivity index (χ1n) is 4.63. The molecule has 3 nitrogen and oxygen atoms in total.